The monoisotopic (exact) mass is 206 g/mol. The zero-order valence-corrected chi connectivity index (χ0v) is 9.09. The molecule has 70 valence electrons. The summed E-state index contributed by atoms with van der Waals surface area (Å²) in [7, 11) is 0. The molecule has 0 saturated carbocycles. The van der Waals surface area contributed by atoms with Crippen LogP contribution in [0.1, 0.15) is 6.92 Å². The molecule has 0 aromatic rings. The molecule has 0 spiro atoms. The number of hydrogen-bond acceptors (Lipinski definition) is 3. The van der Waals surface area contributed by atoms with Gasteiger partial charge in [0, 0.05) is 26.2 Å². The quantitative estimate of drug-likeness (QED) is 0.476. The van der Waals surface area contributed by atoms with Gasteiger partial charge in [0.15, 0.2) is 4.32 Å². The maximum absolute atomic E-state index is 5.16. The summed E-state index contributed by atoms with van der Waals surface area (Å²) in [5, 5.41) is 3.72. The molecule has 0 atom stereocenters. The van der Waals surface area contributed by atoms with Crippen LogP contribution in [0.4, 0.5) is 0 Å². The van der Waals surface area contributed by atoms with Crippen LogP contribution in [0.3, 0.4) is 0 Å². The van der Waals surface area contributed by atoms with Crippen LogP contribution in [0.2, 0.25) is 0 Å². The largest absolute Gasteiger partial charge is 0.351 e. The summed E-state index contributed by atoms with van der Waals surface area (Å²) in [6.45, 7) is 7.75. The van der Waals surface area contributed by atoms with E-state index in [-0.39, 0.29) is 0 Å². The highest BCUT2D eigenvalue weighted by atomic mass is 32.2. The molecular weight excluding hydrogens is 190 g/mol. The molecule has 12 heavy (non-hydrogen) atoms. The second kappa shape index (κ2) is 5.01. The van der Waals surface area contributed by atoms with E-state index in [9.17, 15) is 0 Å². The van der Waals surface area contributed by atoms with Crippen LogP contribution in [0.5, 0.6) is 0 Å². The number of quaternary nitrogens is 1. The van der Waals surface area contributed by atoms with Gasteiger partial charge in [0.25, 0.3) is 0 Å². The second-order valence-corrected chi connectivity index (χ2v) is 4.15. The minimum absolute atomic E-state index is 0.936. The maximum Gasteiger partial charge on any atom is 0.195 e. The van der Waals surface area contributed by atoms with E-state index in [0.29, 0.717) is 0 Å². The third-order valence-corrected chi connectivity index (χ3v) is 3.32. The Morgan fingerprint density at radius 2 is 2.00 bits per heavy atom. The van der Waals surface area contributed by atoms with E-state index in [1.54, 1.807) is 0 Å². The third-order valence-electron chi connectivity index (χ3n) is 2.20. The van der Waals surface area contributed by atoms with Gasteiger partial charge in [-0.15, -0.1) is 0 Å². The van der Waals surface area contributed by atoms with Gasteiger partial charge in [0.05, 0.1) is 0 Å². The van der Waals surface area contributed by atoms with Gasteiger partial charge in [-0.25, -0.2) is 0 Å². The lowest BCUT2D eigenvalue weighted by atomic mass is 10.3. The first-order valence-corrected chi connectivity index (χ1v) is 5.60. The lowest BCUT2D eigenvalue weighted by Gasteiger charge is -2.34. The molecule has 0 aliphatic carbocycles. The van der Waals surface area contributed by atoms with Gasteiger partial charge in [-0.1, -0.05) is 6.92 Å². The molecule has 5 heteroatoms. The van der Waals surface area contributed by atoms with E-state index in [1.165, 1.54) is 11.9 Å². The van der Waals surface area contributed by atoms with Gasteiger partial charge < -0.3 is 9.80 Å². The standard InChI is InChI=1S/C7H15N3S2/c1-2-9-3-5-10(6-4-9)7(11)12-8/h2-6,8H2,1H3/p+1. The SMILES string of the molecule is CCN1CCN(C(=S)S[NH3+])CC1. The number of rotatable bonds is 1. The molecule has 3 nitrogen and oxygen atoms in total. The van der Waals surface area contributed by atoms with Gasteiger partial charge in [0.2, 0.25) is 0 Å². The zero-order chi connectivity index (χ0) is 8.97. The molecule has 1 heterocycles. The van der Waals surface area contributed by atoms with E-state index in [2.05, 4.69) is 21.9 Å². The van der Waals surface area contributed by atoms with Crippen LogP contribution in [0.15, 0.2) is 0 Å². The average molecular weight is 206 g/mol. The lowest BCUT2D eigenvalue weighted by molar-refractivity contribution is -0.134. The van der Waals surface area contributed by atoms with Crippen LogP contribution < -0.4 is 5.14 Å². The topological polar surface area (TPSA) is 34.1 Å². The maximum atomic E-state index is 5.16. The summed E-state index contributed by atoms with van der Waals surface area (Å²) >= 11 is 6.59. The van der Waals surface area contributed by atoms with Crippen molar-refractivity contribution in [1.82, 2.24) is 9.80 Å². The summed E-state index contributed by atoms with van der Waals surface area (Å²) in [5.41, 5.74) is 0. The van der Waals surface area contributed by atoms with E-state index in [1.807, 2.05) is 0 Å². The molecule has 1 rings (SSSR count). The van der Waals surface area contributed by atoms with Crippen molar-refractivity contribution in [3.63, 3.8) is 0 Å². The van der Waals surface area contributed by atoms with E-state index < -0.39 is 0 Å². The van der Waals surface area contributed by atoms with Gasteiger partial charge in [-0.05, 0) is 18.8 Å². The minimum Gasteiger partial charge on any atom is -0.351 e. The number of nitrogens with zero attached hydrogens (tertiary/aromatic N) is 2. The molecule has 1 aliphatic rings. The van der Waals surface area contributed by atoms with Crippen molar-refractivity contribution < 1.29 is 5.14 Å². The fourth-order valence-corrected chi connectivity index (χ4v) is 1.89. The normalized spacial score (nSPS) is 19.7. The lowest BCUT2D eigenvalue weighted by Crippen LogP contribution is -2.50. The van der Waals surface area contributed by atoms with Crippen molar-refractivity contribution >= 4 is 28.5 Å². The van der Waals surface area contributed by atoms with Gasteiger partial charge in [0.1, 0.15) is 11.9 Å². The van der Waals surface area contributed by atoms with Gasteiger partial charge in [-0.2, -0.15) is 0 Å². The summed E-state index contributed by atoms with van der Waals surface area (Å²) in [4.78, 5) is 4.67. The third kappa shape index (κ3) is 2.58. The first-order valence-electron chi connectivity index (χ1n) is 4.21. The minimum atomic E-state index is 0.936. The molecule has 0 unspecified atom stereocenters. The van der Waals surface area contributed by atoms with Crippen molar-refractivity contribution in [3.05, 3.63) is 0 Å². The fraction of sp³-hybridized carbons (Fsp3) is 0.857. The van der Waals surface area contributed by atoms with Crippen LogP contribution in [0, 0.1) is 0 Å². The van der Waals surface area contributed by atoms with Crippen molar-refractivity contribution in [2.75, 3.05) is 32.7 Å². The van der Waals surface area contributed by atoms with Crippen LogP contribution in [-0.2, 0) is 0 Å². The van der Waals surface area contributed by atoms with Crippen molar-refractivity contribution in [3.8, 4) is 0 Å². The van der Waals surface area contributed by atoms with E-state index in [4.69, 9.17) is 12.2 Å². The highest BCUT2D eigenvalue weighted by Crippen LogP contribution is 2.06. The summed E-state index contributed by atoms with van der Waals surface area (Å²) < 4.78 is 0.936. The fourth-order valence-electron chi connectivity index (χ4n) is 1.34. The predicted octanol–water partition coefficient (Wildman–Crippen LogP) is -0.201. The number of thiocarbonyl (C=S) groups is 1. The Kier molecular flexibility index (Phi) is 4.28. The van der Waals surface area contributed by atoms with Crippen LogP contribution in [-0.4, -0.2) is 46.8 Å². The first-order chi connectivity index (χ1) is 5.77. The molecule has 1 saturated heterocycles. The molecule has 3 N–H and O–H groups in total. The Bertz CT molecular complexity index is 155. The molecule has 0 aromatic heterocycles. The Hall–Kier alpha value is 0.160. The second-order valence-electron chi connectivity index (χ2n) is 2.83. The molecule has 1 fully saturated rings. The first kappa shape index (κ1) is 10.2. The van der Waals surface area contributed by atoms with Crippen LogP contribution in [0.25, 0.3) is 0 Å². The van der Waals surface area contributed by atoms with Crippen LogP contribution >= 0.6 is 24.2 Å². The Morgan fingerprint density at radius 1 is 1.42 bits per heavy atom. The molecule has 0 radical (unpaired) electrons. The average Bonchev–Trinajstić information content (AvgIpc) is 2.17. The summed E-state index contributed by atoms with van der Waals surface area (Å²) in [5.74, 6) is 0. The van der Waals surface area contributed by atoms with Crippen molar-refractivity contribution in [2.45, 2.75) is 6.92 Å². The van der Waals surface area contributed by atoms with Gasteiger partial charge in [-0.3, -0.25) is 5.14 Å². The molecule has 0 amide bonds. The summed E-state index contributed by atoms with van der Waals surface area (Å²) in [6.07, 6.45) is 0. The van der Waals surface area contributed by atoms with E-state index >= 15 is 0 Å². The number of piperazine rings is 1. The molecule has 0 aromatic carbocycles. The Balaban J connectivity index is 2.30. The Morgan fingerprint density at radius 3 is 2.42 bits per heavy atom. The van der Waals surface area contributed by atoms with Crippen molar-refractivity contribution in [2.24, 2.45) is 0 Å². The van der Waals surface area contributed by atoms with Crippen molar-refractivity contribution in [1.29, 1.82) is 0 Å². The zero-order valence-electron chi connectivity index (χ0n) is 7.45. The van der Waals surface area contributed by atoms with Gasteiger partial charge >= 0.3 is 0 Å². The smallest absolute Gasteiger partial charge is 0.195 e. The highest BCUT2D eigenvalue weighted by molar-refractivity contribution is 8.18. The highest BCUT2D eigenvalue weighted by Gasteiger charge is 2.18. The summed E-state index contributed by atoms with van der Waals surface area (Å²) in [6, 6.07) is 0. The number of hydrogen-bond donors (Lipinski definition) is 1. The predicted molar refractivity (Wildman–Crippen MR) is 56.8 cm³/mol. The van der Waals surface area contributed by atoms with E-state index in [0.717, 1.165) is 37.0 Å². The Labute approximate surface area is 83.4 Å². The molecule has 0 bridgehead atoms. The number of likely N-dealkylation sites (N-methyl/N-ethyl adjacent to an activating group) is 1. The molecule has 1 aliphatic heterocycles. The molecular formula is C7H16N3S2+.